The first kappa shape index (κ1) is 19.2. The van der Waals surface area contributed by atoms with Crippen LogP contribution < -0.4 is 10.2 Å². The van der Waals surface area contributed by atoms with Gasteiger partial charge in [0, 0.05) is 34.1 Å². The molecule has 0 bridgehead atoms. The number of halogens is 1. The highest BCUT2D eigenvalue weighted by Gasteiger charge is 2.24. The number of anilines is 2. The molecule has 0 saturated carbocycles. The van der Waals surface area contributed by atoms with Gasteiger partial charge in [-0.25, -0.2) is 0 Å². The van der Waals surface area contributed by atoms with Gasteiger partial charge in [-0.2, -0.15) is 0 Å². The molecule has 0 saturated heterocycles. The number of amides is 2. The van der Waals surface area contributed by atoms with Crippen molar-refractivity contribution in [3.63, 3.8) is 0 Å². The summed E-state index contributed by atoms with van der Waals surface area (Å²) in [5.41, 5.74) is 4.90. The molecule has 4 rings (SSSR count). The Hall–Kier alpha value is -3.11. The van der Waals surface area contributed by atoms with Gasteiger partial charge in [-0.05, 0) is 79.9 Å². The first-order chi connectivity index (χ1) is 14.0. The van der Waals surface area contributed by atoms with Crippen LogP contribution in [0.25, 0.3) is 0 Å². The minimum atomic E-state index is -0.183. The summed E-state index contributed by atoms with van der Waals surface area (Å²) in [6.45, 7) is 2.66. The van der Waals surface area contributed by atoms with Crippen LogP contribution in [0.4, 0.5) is 11.4 Å². The van der Waals surface area contributed by atoms with Crippen LogP contribution in [-0.2, 0) is 6.42 Å². The number of carbonyl (C=O) groups is 2. The van der Waals surface area contributed by atoms with Crippen molar-refractivity contribution in [1.29, 1.82) is 0 Å². The second kappa shape index (κ2) is 8.10. The molecule has 0 spiro atoms. The molecule has 0 radical (unpaired) electrons. The van der Waals surface area contributed by atoms with Crippen molar-refractivity contribution in [2.24, 2.45) is 0 Å². The largest absolute Gasteiger partial charge is 0.322 e. The van der Waals surface area contributed by atoms with E-state index in [1.54, 1.807) is 30.3 Å². The Labute approximate surface area is 175 Å². The lowest BCUT2D eigenvalue weighted by molar-refractivity contribution is 0.0984. The topological polar surface area (TPSA) is 49.4 Å². The van der Waals surface area contributed by atoms with Gasteiger partial charge in [0.1, 0.15) is 0 Å². The van der Waals surface area contributed by atoms with E-state index in [-0.39, 0.29) is 11.8 Å². The van der Waals surface area contributed by atoms with E-state index in [1.807, 2.05) is 48.2 Å². The molecule has 0 unspecified atom stereocenters. The number of carbonyl (C=O) groups excluding carboxylic acids is 2. The molecule has 29 heavy (non-hydrogen) atoms. The van der Waals surface area contributed by atoms with Crippen LogP contribution in [0.2, 0.25) is 5.02 Å². The van der Waals surface area contributed by atoms with Crippen LogP contribution in [0.15, 0.2) is 66.7 Å². The van der Waals surface area contributed by atoms with Crippen LogP contribution in [0, 0.1) is 6.92 Å². The Morgan fingerprint density at radius 1 is 0.966 bits per heavy atom. The Bertz CT molecular complexity index is 1080. The number of benzene rings is 3. The SMILES string of the molecule is Cc1cccc(C(=O)N2CCCc3cc(C(=O)Nc4ccc(Cl)cc4)ccc32)c1. The zero-order valence-corrected chi connectivity index (χ0v) is 16.9. The molecule has 2 amide bonds. The highest BCUT2D eigenvalue weighted by molar-refractivity contribution is 6.30. The second-order valence-corrected chi connectivity index (χ2v) is 7.67. The Morgan fingerprint density at radius 2 is 1.76 bits per heavy atom. The van der Waals surface area contributed by atoms with E-state index in [4.69, 9.17) is 11.6 Å². The fourth-order valence-corrected chi connectivity index (χ4v) is 3.75. The number of nitrogens with one attached hydrogen (secondary N) is 1. The summed E-state index contributed by atoms with van der Waals surface area (Å²) in [7, 11) is 0. The lowest BCUT2D eigenvalue weighted by Crippen LogP contribution is -2.35. The lowest BCUT2D eigenvalue weighted by Gasteiger charge is -2.30. The fourth-order valence-electron chi connectivity index (χ4n) is 3.62. The molecule has 3 aromatic rings. The van der Waals surface area contributed by atoms with Crippen molar-refractivity contribution in [2.45, 2.75) is 19.8 Å². The Kier molecular flexibility index (Phi) is 5.36. The zero-order chi connectivity index (χ0) is 20.4. The first-order valence-electron chi connectivity index (χ1n) is 9.59. The molecular formula is C24H21ClN2O2. The minimum absolute atomic E-state index is 0.00647. The normalized spacial score (nSPS) is 13.0. The van der Waals surface area contributed by atoms with Gasteiger partial charge in [0.05, 0.1) is 0 Å². The van der Waals surface area contributed by atoms with Crippen LogP contribution in [0.1, 0.15) is 38.3 Å². The van der Waals surface area contributed by atoms with Crippen molar-refractivity contribution in [3.05, 3.63) is 94.0 Å². The van der Waals surface area contributed by atoms with E-state index < -0.39 is 0 Å². The molecule has 1 aliphatic heterocycles. The van der Waals surface area contributed by atoms with Crippen LogP contribution >= 0.6 is 11.6 Å². The van der Waals surface area contributed by atoms with Gasteiger partial charge in [0.15, 0.2) is 0 Å². The molecule has 0 aromatic heterocycles. The first-order valence-corrected chi connectivity index (χ1v) is 9.97. The summed E-state index contributed by atoms with van der Waals surface area (Å²) < 4.78 is 0. The highest BCUT2D eigenvalue weighted by Crippen LogP contribution is 2.30. The van der Waals surface area contributed by atoms with Crippen molar-refractivity contribution < 1.29 is 9.59 Å². The second-order valence-electron chi connectivity index (χ2n) is 7.23. The van der Waals surface area contributed by atoms with E-state index >= 15 is 0 Å². The molecular weight excluding hydrogens is 384 g/mol. The summed E-state index contributed by atoms with van der Waals surface area (Å²) in [5.74, 6) is -0.190. The van der Waals surface area contributed by atoms with Crippen LogP contribution in [0.5, 0.6) is 0 Å². The van der Waals surface area contributed by atoms with Crippen molar-refractivity contribution in [1.82, 2.24) is 0 Å². The average Bonchev–Trinajstić information content (AvgIpc) is 2.74. The number of aryl methyl sites for hydroxylation is 2. The quantitative estimate of drug-likeness (QED) is 0.627. The van der Waals surface area contributed by atoms with Crippen molar-refractivity contribution >= 4 is 34.8 Å². The third-order valence-corrected chi connectivity index (χ3v) is 5.32. The van der Waals surface area contributed by atoms with E-state index in [1.165, 1.54) is 0 Å². The van der Waals surface area contributed by atoms with Gasteiger partial charge in [-0.3, -0.25) is 9.59 Å². The maximum absolute atomic E-state index is 13.0. The van der Waals surface area contributed by atoms with Gasteiger partial charge in [-0.15, -0.1) is 0 Å². The minimum Gasteiger partial charge on any atom is -0.322 e. The van der Waals surface area contributed by atoms with E-state index in [0.29, 0.717) is 28.4 Å². The van der Waals surface area contributed by atoms with Gasteiger partial charge in [0.2, 0.25) is 0 Å². The lowest BCUT2D eigenvalue weighted by atomic mass is 9.98. The van der Waals surface area contributed by atoms with E-state index in [2.05, 4.69) is 5.32 Å². The summed E-state index contributed by atoms with van der Waals surface area (Å²) >= 11 is 5.89. The molecule has 0 aliphatic carbocycles. The molecule has 1 heterocycles. The fraction of sp³-hybridized carbons (Fsp3) is 0.167. The molecule has 3 aromatic carbocycles. The van der Waals surface area contributed by atoms with Gasteiger partial charge < -0.3 is 10.2 Å². The monoisotopic (exact) mass is 404 g/mol. The predicted octanol–water partition coefficient (Wildman–Crippen LogP) is 5.49. The third-order valence-electron chi connectivity index (χ3n) is 5.07. The summed E-state index contributed by atoms with van der Waals surface area (Å²) in [6, 6.07) is 20.2. The molecule has 5 heteroatoms. The molecule has 1 N–H and O–H groups in total. The van der Waals surface area contributed by atoms with Crippen LogP contribution in [-0.4, -0.2) is 18.4 Å². The van der Waals surface area contributed by atoms with E-state index in [0.717, 1.165) is 29.7 Å². The van der Waals surface area contributed by atoms with Gasteiger partial charge in [0.25, 0.3) is 11.8 Å². The Morgan fingerprint density at radius 3 is 2.52 bits per heavy atom. The molecule has 146 valence electrons. The molecule has 0 atom stereocenters. The summed E-state index contributed by atoms with van der Waals surface area (Å²) in [6.07, 6.45) is 1.71. The van der Waals surface area contributed by atoms with Crippen molar-refractivity contribution in [3.8, 4) is 0 Å². The van der Waals surface area contributed by atoms with Gasteiger partial charge in [-0.1, -0.05) is 29.3 Å². The number of rotatable bonds is 3. The van der Waals surface area contributed by atoms with Crippen LogP contribution in [0.3, 0.4) is 0 Å². The number of hydrogen-bond donors (Lipinski definition) is 1. The molecule has 0 fully saturated rings. The molecule has 1 aliphatic rings. The maximum atomic E-state index is 13.0. The Balaban J connectivity index is 1.57. The highest BCUT2D eigenvalue weighted by atomic mass is 35.5. The standard InChI is InChI=1S/C24H21ClN2O2/c1-16-4-2-5-19(14-16)24(29)27-13-3-6-17-15-18(7-12-22(17)27)23(28)26-21-10-8-20(25)9-11-21/h2,4-5,7-12,14-15H,3,6,13H2,1H3,(H,26,28). The third kappa shape index (κ3) is 4.17. The summed E-state index contributed by atoms with van der Waals surface area (Å²) in [4.78, 5) is 27.5. The van der Waals surface area contributed by atoms with E-state index in [9.17, 15) is 9.59 Å². The van der Waals surface area contributed by atoms with Crippen molar-refractivity contribution in [2.75, 3.05) is 16.8 Å². The summed E-state index contributed by atoms with van der Waals surface area (Å²) in [5, 5.41) is 3.50. The number of fused-ring (bicyclic) bond motifs is 1. The predicted molar refractivity (Wildman–Crippen MR) is 117 cm³/mol. The van der Waals surface area contributed by atoms with Gasteiger partial charge >= 0.3 is 0 Å². The smallest absolute Gasteiger partial charge is 0.258 e. The zero-order valence-electron chi connectivity index (χ0n) is 16.1. The molecule has 4 nitrogen and oxygen atoms in total. The average molecular weight is 405 g/mol. The number of nitrogens with zero attached hydrogens (tertiary/aromatic N) is 1. The number of hydrogen-bond acceptors (Lipinski definition) is 2. The maximum Gasteiger partial charge on any atom is 0.258 e.